The molecule has 11 heteroatoms. The molecular weight excluding hydrogens is 578 g/mol. The Morgan fingerprint density at radius 2 is 1.78 bits per heavy atom. The number of hydrogen-bond acceptors (Lipinski definition) is 10. The Morgan fingerprint density at radius 3 is 2.33 bits per heavy atom. The van der Waals surface area contributed by atoms with Gasteiger partial charge in [0.2, 0.25) is 5.78 Å². The Kier molecular flexibility index (Phi) is 7.93. The minimum Gasteiger partial charge on any atom is -0.510 e. The Morgan fingerprint density at radius 1 is 1.11 bits per heavy atom. The van der Waals surface area contributed by atoms with Crippen molar-refractivity contribution in [1.29, 1.82) is 0 Å². The molecule has 0 saturated carbocycles. The highest BCUT2D eigenvalue weighted by atomic mass is 16.5. The zero-order valence-electron chi connectivity index (χ0n) is 26.3. The highest BCUT2D eigenvalue weighted by molar-refractivity contribution is 6.25. The van der Waals surface area contributed by atoms with E-state index < -0.39 is 58.0 Å². The highest BCUT2D eigenvalue weighted by Crippen LogP contribution is 2.54. The van der Waals surface area contributed by atoms with Crippen molar-refractivity contribution < 1.29 is 39.5 Å². The lowest BCUT2D eigenvalue weighted by Crippen LogP contribution is -2.63. The van der Waals surface area contributed by atoms with Crippen LogP contribution in [0.4, 0.5) is 0 Å². The molecule has 5 rings (SSSR count). The minimum absolute atomic E-state index is 0.00793. The van der Waals surface area contributed by atoms with Gasteiger partial charge in [-0.25, -0.2) is 0 Å². The molecule has 0 radical (unpaired) electrons. The van der Waals surface area contributed by atoms with Gasteiger partial charge in [-0.2, -0.15) is 0 Å². The van der Waals surface area contributed by atoms with Crippen LogP contribution in [0.3, 0.4) is 0 Å². The topological polar surface area (TPSA) is 174 Å². The number of hydrogen-bond donors (Lipinski definition) is 5. The fourth-order valence-electron chi connectivity index (χ4n) is 7.31. The van der Waals surface area contributed by atoms with Crippen LogP contribution >= 0.6 is 0 Å². The second-order valence-corrected chi connectivity index (χ2v) is 12.7. The van der Waals surface area contributed by atoms with Gasteiger partial charge in [0.15, 0.2) is 11.4 Å². The maximum Gasteiger partial charge on any atom is 0.255 e. The predicted molar refractivity (Wildman–Crippen MR) is 168 cm³/mol. The van der Waals surface area contributed by atoms with E-state index in [9.17, 15) is 34.8 Å². The fourth-order valence-corrected chi connectivity index (χ4v) is 7.31. The lowest BCUT2D eigenvalue weighted by atomic mass is 9.58. The Labute approximate surface area is 261 Å². The number of Topliss-reactive ketones (excluding diaryl/α,β-unsaturated/α-hetero) is 2. The number of allylic oxidation sites excluding steroid dienone is 2. The zero-order chi connectivity index (χ0) is 33.3. The molecule has 3 aliphatic carbocycles. The third-order valence-corrected chi connectivity index (χ3v) is 9.24. The van der Waals surface area contributed by atoms with Crippen molar-refractivity contribution in [3.8, 4) is 22.6 Å². The van der Waals surface area contributed by atoms with Crippen LogP contribution < -0.4 is 10.5 Å². The molecule has 1 amide bonds. The minimum atomic E-state index is -2.71. The van der Waals surface area contributed by atoms with Gasteiger partial charge in [0.1, 0.15) is 28.6 Å². The summed E-state index contributed by atoms with van der Waals surface area (Å²) in [5, 5.41) is 46.1. The van der Waals surface area contributed by atoms with Gasteiger partial charge >= 0.3 is 0 Å². The summed E-state index contributed by atoms with van der Waals surface area (Å²) in [6, 6.07) is 6.46. The fraction of sp³-hybridized carbons (Fsp3) is 0.382. The third-order valence-electron chi connectivity index (χ3n) is 9.24. The van der Waals surface area contributed by atoms with Crippen LogP contribution in [0.1, 0.15) is 40.4 Å². The maximum absolute atomic E-state index is 14.4. The van der Waals surface area contributed by atoms with E-state index in [0.29, 0.717) is 40.1 Å². The van der Waals surface area contributed by atoms with Gasteiger partial charge in [0, 0.05) is 29.2 Å². The first kappa shape index (κ1) is 32.0. The van der Waals surface area contributed by atoms with E-state index in [2.05, 4.69) is 6.58 Å². The molecule has 45 heavy (non-hydrogen) atoms. The summed E-state index contributed by atoms with van der Waals surface area (Å²) in [7, 11) is 8.63. The van der Waals surface area contributed by atoms with Crippen molar-refractivity contribution in [2.24, 2.45) is 17.6 Å². The van der Waals surface area contributed by atoms with Crippen LogP contribution in [0.15, 0.2) is 53.5 Å². The Bertz CT molecular complexity index is 1740. The van der Waals surface area contributed by atoms with Crippen molar-refractivity contribution >= 4 is 23.0 Å². The first-order chi connectivity index (χ1) is 21.1. The van der Waals surface area contributed by atoms with Crippen LogP contribution in [-0.2, 0) is 22.6 Å². The van der Waals surface area contributed by atoms with E-state index in [1.807, 2.05) is 37.2 Å². The van der Waals surface area contributed by atoms with E-state index in [-0.39, 0.29) is 29.7 Å². The third kappa shape index (κ3) is 4.73. The van der Waals surface area contributed by atoms with E-state index in [1.165, 1.54) is 4.90 Å². The molecule has 0 aliphatic heterocycles. The number of carbonyl (C=O) groups is 3. The second kappa shape index (κ2) is 11.2. The number of benzene rings is 2. The summed E-state index contributed by atoms with van der Waals surface area (Å²) in [6.07, 6.45) is 0.140. The smallest absolute Gasteiger partial charge is 0.255 e. The van der Waals surface area contributed by atoms with E-state index in [4.69, 9.17) is 10.5 Å². The number of methoxy groups -OCH3 is 1. The van der Waals surface area contributed by atoms with Crippen LogP contribution in [0.5, 0.6) is 11.5 Å². The molecule has 0 fully saturated rings. The molecule has 0 aromatic heterocycles. The van der Waals surface area contributed by atoms with Crippen molar-refractivity contribution in [1.82, 2.24) is 9.80 Å². The van der Waals surface area contributed by atoms with Gasteiger partial charge in [0.05, 0.1) is 18.7 Å². The van der Waals surface area contributed by atoms with Crippen molar-refractivity contribution in [3.05, 3.63) is 75.8 Å². The van der Waals surface area contributed by atoms with Crippen LogP contribution in [-0.4, -0.2) is 94.6 Å². The van der Waals surface area contributed by atoms with Crippen molar-refractivity contribution in [3.63, 3.8) is 0 Å². The number of aliphatic hydroxyl groups excluding tert-OH is 2. The average Bonchev–Trinajstić information content (AvgIpc) is 2.94. The first-order valence-electron chi connectivity index (χ1n) is 14.6. The molecule has 6 N–H and O–H groups in total. The van der Waals surface area contributed by atoms with Crippen molar-refractivity contribution in [2.75, 3.05) is 35.3 Å². The van der Waals surface area contributed by atoms with Gasteiger partial charge < -0.3 is 35.8 Å². The standard InChI is InChI=1S/C34H39N3O8/c1-15(2)18-13-19(20-10-16(14-36(3)4)8-9-23(20)45-7)21-11-17-12-22-27(37(5)6)30(40)26(33(35)43)32(42)34(22,44)31(41)24(17)29(39)25(21)28(18)38/h8-10,13,17,22,27,38,40-41,44H,1,11-12,14H2,2-7H3,(H2,35,43)/t17-,22-,27-,34-/m0/s1. The van der Waals surface area contributed by atoms with Gasteiger partial charge in [-0.05, 0) is 94.3 Å². The summed E-state index contributed by atoms with van der Waals surface area (Å²) in [4.78, 5) is 43.8. The number of primary amides is 1. The molecule has 0 saturated heterocycles. The molecule has 0 bridgehead atoms. The van der Waals surface area contributed by atoms with Gasteiger partial charge in [-0.15, -0.1) is 0 Å². The molecule has 0 spiro atoms. The molecule has 0 unspecified atom stereocenters. The Balaban J connectivity index is 1.79. The van der Waals surface area contributed by atoms with E-state index >= 15 is 0 Å². The molecular formula is C34H39N3O8. The molecule has 4 atom stereocenters. The lowest BCUT2D eigenvalue weighted by Gasteiger charge is -2.50. The number of ketones is 2. The number of nitrogens with two attached hydrogens (primary N) is 1. The number of likely N-dealkylation sites (N-methyl/N-ethyl adjacent to an activating group) is 1. The number of phenolic OH excluding ortho intramolecular Hbond substituents is 1. The highest BCUT2D eigenvalue weighted by Gasteiger charge is 2.63. The largest absolute Gasteiger partial charge is 0.510 e. The Hall–Kier alpha value is -4.45. The summed E-state index contributed by atoms with van der Waals surface area (Å²) >= 11 is 0. The summed E-state index contributed by atoms with van der Waals surface area (Å²) in [5.41, 5.74) is 5.20. The van der Waals surface area contributed by atoms with Crippen LogP contribution in [0.25, 0.3) is 16.7 Å². The summed E-state index contributed by atoms with van der Waals surface area (Å²) in [6.45, 7) is 6.32. The molecule has 11 nitrogen and oxygen atoms in total. The number of fused-ring (bicyclic) bond motifs is 3. The number of rotatable bonds is 7. The number of carbonyl (C=O) groups excluding carboxylic acids is 3. The molecule has 2 aromatic carbocycles. The van der Waals surface area contributed by atoms with Gasteiger partial charge in [-0.3, -0.25) is 19.3 Å². The molecule has 3 aliphatic rings. The quantitative estimate of drug-likeness (QED) is 0.291. The molecule has 2 aromatic rings. The maximum atomic E-state index is 14.4. The van der Waals surface area contributed by atoms with Crippen LogP contribution in [0.2, 0.25) is 0 Å². The average molecular weight is 618 g/mol. The first-order valence-corrected chi connectivity index (χ1v) is 14.6. The SMILES string of the molecule is C=C(C)c1cc(-c2cc(CN(C)C)ccc2OC)c2c(c1O)C(=O)C1=C(O)[C@]3(O)C(=O)C(C(N)=O)=C(O)[C@@H](N(C)C)[C@@H]3C[C@@H]1C2. The number of aromatic hydroxyl groups is 1. The van der Waals surface area contributed by atoms with Gasteiger partial charge in [-0.1, -0.05) is 12.6 Å². The van der Waals surface area contributed by atoms with Crippen LogP contribution in [0, 0.1) is 11.8 Å². The monoisotopic (exact) mass is 617 g/mol. The van der Waals surface area contributed by atoms with Gasteiger partial charge in [0.25, 0.3) is 5.91 Å². The summed E-state index contributed by atoms with van der Waals surface area (Å²) in [5.74, 6) is -6.44. The number of nitrogens with zero attached hydrogens (tertiary/aromatic N) is 2. The van der Waals surface area contributed by atoms with Crippen molar-refractivity contribution in [2.45, 2.75) is 38.0 Å². The summed E-state index contributed by atoms with van der Waals surface area (Å²) < 4.78 is 5.73. The number of ether oxygens (including phenoxy) is 1. The van der Waals surface area contributed by atoms with E-state index in [1.54, 1.807) is 34.2 Å². The van der Waals surface area contributed by atoms with E-state index in [0.717, 1.165) is 5.56 Å². The number of amides is 1. The lowest BCUT2D eigenvalue weighted by molar-refractivity contribution is -0.148. The zero-order valence-corrected chi connectivity index (χ0v) is 26.3. The normalized spacial score (nSPS) is 24.5. The predicted octanol–water partition coefficient (Wildman–Crippen LogP) is 2.89. The number of aliphatic hydroxyl groups is 3. The number of phenols is 1. The molecule has 238 valence electrons. The second-order valence-electron chi connectivity index (χ2n) is 12.7. The molecule has 0 heterocycles.